The van der Waals surface area contributed by atoms with Gasteiger partial charge in [-0.1, -0.05) is 51.1 Å². The van der Waals surface area contributed by atoms with Crippen LogP contribution < -0.4 is 10.6 Å². The van der Waals surface area contributed by atoms with E-state index in [2.05, 4.69) is 10.6 Å². The first kappa shape index (κ1) is 40.8. The van der Waals surface area contributed by atoms with E-state index in [1.54, 1.807) is 34.6 Å². The molecule has 3 aliphatic rings. The second-order valence-corrected chi connectivity index (χ2v) is 15.3. The van der Waals surface area contributed by atoms with Crippen LogP contribution >= 0.6 is 0 Å². The third-order valence-corrected chi connectivity index (χ3v) is 11.3. The monoisotopic (exact) mass is 717 g/mol. The second kappa shape index (κ2) is 16.8. The van der Waals surface area contributed by atoms with E-state index in [1.807, 2.05) is 56.3 Å². The Morgan fingerprint density at radius 2 is 1.71 bits per heavy atom. The lowest BCUT2D eigenvalue weighted by atomic mass is 9.73. The van der Waals surface area contributed by atoms with Crippen LogP contribution in [0.15, 0.2) is 30.3 Å². The standard InChI is InChI=1S/C38H59N3O10/c1-11-28-38(7)32(40-36(46)51-38)26(20-39-19-25-15-13-12-14-16-25)29(42)21(2)18-37(6,47-10)33(23(4)30(43)24(5)34(45)49-28)50-35-31(44)27(41(8)9)17-22(3)48-35/h12-16,21-24,26-28,31-33,35,39,44H,11,17-20H2,1-10H3,(H,40,46)/t21-,22-,23+,24-,26+,27+,28-,31-,32-,33-,35+,37+,38-/m1/s1. The Kier molecular flexibility index (Phi) is 13.5. The number of carbonyl (C=O) groups excluding carboxylic acids is 4. The third kappa shape index (κ3) is 8.82. The van der Waals surface area contributed by atoms with Crippen molar-refractivity contribution in [1.82, 2.24) is 15.5 Å². The van der Waals surface area contributed by atoms with Gasteiger partial charge in [0.2, 0.25) is 0 Å². The first-order chi connectivity index (χ1) is 24.0. The van der Waals surface area contributed by atoms with Crippen molar-refractivity contribution in [3.63, 3.8) is 0 Å². The summed E-state index contributed by atoms with van der Waals surface area (Å²) >= 11 is 0. The van der Waals surface area contributed by atoms with Crippen molar-refractivity contribution in [2.75, 3.05) is 27.7 Å². The van der Waals surface area contributed by atoms with E-state index in [0.717, 1.165) is 5.56 Å². The van der Waals surface area contributed by atoms with E-state index < -0.39 is 83.4 Å². The summed E-state index contributed by atoms with van der Waals surface area (Å²) in [6.45, 7) is 12.7. The highest BCUT2D eigenvalue weighted by atomic mass is 16.7. The Hall–Kier alpha value is -2.94. The van der Waals surface area contributed by atoms with Crippen LogP contribution in [-0.4, -0.2) is 115 Å². The fourth-order valence-electron chi connectivity index (χ4n) is 8.17. The van der Waals surface area contributed by atoms with E-state index in [9.17, 15) is 24.3 Å². The van der Waals surface area contributed by atoms with E-state index >= 15 is 0 Å². The number of cyclic esters (lactones) is 1. The molecule has 1 amide bonds. The highest BCUT2D eigenvalue weighted by molar-refractivity contribution is 6.00. The molecule has 0 radical (unpaired) electrons. The van der Waals surface area contributed by atoms with Gasteiger partial charge in [0.05, 0.1) is 29.8 Å². The number of Topliss-reactive ketones (excluding diaryl/α,β-unsaturated/α-hetero) is 2. The molecule has 0 unspecified atom stereocenters. The van der Waals surface area contributed by atoms with E-state index in [0.29, 0.717) is 13.0 Å². The average molecular weight is 718 g/mol. The molecule has 51 heavy (non-hydrogen) atoms. The molecule has 0 bridgehead atoms. The number of hydrogen-bond donors (Lipinski definition) is 3. The number of fused-ring (bicyclic) bond motifs is 1. The predicted molar refractivity (Wildman–Crippen MR) is 188 cm³/mol. The number of hydrogen-bond acceptors (Lipinski definition) is 12. The highest BCUT2D eigenvalue weighted by Gasteiger charge is 2.58. The van der Waals surface area contributed by atoms with Crippen LogP contribution in [0, 0.1) is 23.7 Å². The molecular formula is C38H59N3O10. The third-order valence-electron chi connectivity index (χ3n) is 11.3. The minimum absolute atomic E-state index is 0.115. The van der Waals surface area contributed by atoms with Crippen LogP contribution in [-0.2, 0) is 44.6 Å². The molecule has 13 heteroatoms. The van der Waals surface area contributed by atoms with Crippen molar-refractivity contribution in [2.45, 2.75) is 128 Å². The van der Waals surface area contributed by atoms with Gasteiger partial charge in [-0.3, -0.25) is 14.4 Å². The highest BCUT2D eigenvalue weighted by Crippen LogP contribution is 2.40. The van der Waals surface area contributed by atoms with Gasteiger partial charge in [0.25, 0.3) is 0 Å². The summed E-state index contributed by atoms with van der Waals surface area (Å²) in [4.78, 5) is 57.5. The number of methoxy groups -OCH3 is 1. The minimum Gasteiger partial charge on any atom is -0.458 e. The molecule has 3 fully saturated rings. The first-order valence-corrected chi connectivity index (χ1v) is 18.2. The summed E-state index contributed by atoms with van der Waals surface area (Å²) in [5, 5.41) is 17.7. The number of alkyl carbamates (subject to hydrolysis) is 1. The van der Waals surface area contributed by atoms with E-state index in [4.69, 9.17) is 23.7 Å². The normalized spacial score (nSPS) is 39.9. The number of nitrogens with one attached hydrogen (secondary N) is 2. The zero-order chi connectivity index (χ0) is 37.8. The van der Waals surface area contributed by atoms with Gasteiger partial charge in [-0.15, -0.1) is 0 Å². The van der Waals surface area contributed by atoms with Crippen LogP contribution in [0.25, 0.3) is 0 Å². The van der Waals surface area contributed by atoms with Crippen molar-refractivity contribution in [3.05, 3.63) is 35.9 Å². The molecule has 0 saturated carbocycles. The van der Waals surface area contributed by atoms with Crippen molar-refractivity contribution in [3.8, 4) is 0 Å². The van der Waals surface area contributed by atoms with Crippen molar-refractivity contribution < 1.29 is 48.0 Å². The number of ether oxygens (including phenoxy) is 5. The number of carbonyl (C=O) groups is 4. The predicted octanol–water partition coefficient (Wildman–Crippen LogP) is 3.25. The topological polar surface area (TPSA) is 162 Å². The Balaban J connectivity index is 1.77. The molecule has 13 nitrogen and oxygen atoms in total. The zero-order valence-electron chi connectivity index (χ0n) is 31.8. The molecule has 286 valence electrons. The van der Waals surface area contributed by atoms with Gasteiger partial charge in [-0.25, -0.2) is 4.79 Å². The molecule has 0 aliphatic carbocycles. The summed E-state index contributed by atoms with van der Waals surface area (Å²) in [6.07, 6.45) is -4.22. The number of aliphatic hydroxyl groups excluding tert-OH is 1. The van der Waals surface area contributed by atoms with Crippen LogP contribution in [0.3, 0.4) is 0 Å². The van der Waals surface area contributed by atoms with Gasteiger partial charge in [-0.05, 0) is 66.6 Å². The maximum absolute atomic E-state index is 14.7. The molecule has 3 aliphatic heterocycles. The lowest BCUT2D eigenvalue weighted by Gasteiger charge is -2.47. The number of benzene rings is 1. The largest absolute Gasteiger partial charge is 0.458 e. The van der Waals surface area contributed by atoms with Gasteiger partial charge in [0, 0.05) is 38.1 Å². The molecule has 3 heterocycles. The SMILES string of the molecule is CC[C@H]1OC(=O)[C@H](C)C(=O)[C@H](C)[C@@H](O[C@@H]2O[C@H](C)C[C@H](N(C)C)[C@H]2O)[C@@](C)(OC)C[C@@H](C)C(=O)[C@H](CNCc2ccccc2)[C@H]2NC(=O)O[C@@]21C. The Morgan fingerprint density at radius 1 is 1.04 bits per heavy atom. The van der Waals surface area contributed by atoms with Crippen molar-refractivity contribution >= 4 is 23.6 Å². The van der Waals surface area contributed by atoms with E-state index in [-0.39, 0.29) is 37.3 Å². The van der Waals surface area contributed by atoms with Crippen molar-refractivity contribution in [1.29, 1.82) is 0 Å². The van der Waals surface area contributed by atoms with Crippen LogP contribution in [0.1, 0.15) is 73.3 Å². The van der Waals surface area contributed by atoms with Gasteiger partial charge in [-0.2, -0.15) is 0 Å². The van der Waals surface area contributed by atoms with Crippen LogP contribution in [0.4, 0.5) is 4.79 Å². The summed E-state index contributed by atoms with van der Waals surface area (Å²) in [5.41, 5.74) is -1.67. The summed E-state index contributed by atoms with van der Waals surface area (Å²) < 4.78 is 30.7. The van der Waals surface area contributed by atoms with Gasteiger partial charge in [0.15, 0.2) is 17.7 Å². The molecule has 13 atom stereocenters. The molecule has 3 N–H and O–H groups in total. The number of ketones is 2. The maximum atomic E-state index is 14.7. The van der Waals surface area contributed by atoms with Crippen molar-refractivity contribution in [2.24, 2.45) is 23.7 Å². The van der Waals surface area contributed by atoms with Crippen LogP contribution in [0.5, 0.6) is 0 Å². The number of rotatable bonds is 9. The molecule has 0 aromatic heterocycles. The Bertz CT molecular complexity index is 1380. The maximum Gasteiger partial charge on any atom is 0.408 e. The quantitative estimate of drug-likeness (QED) is 0.253. The fraction of sp³-hybridized carbons (Fsp3) is 0.737. The van der Waals surface area contributed by atoms with Gasteiger partial charge in [0.1, 0.15) is 23.9 Å². The number of amides is 1. The molecule has 0 spiro atoms. The zero-order valence-corrected chi connectivity index (χ0v) is 31.8. The first-order valence-electron chi connectivity index (χ1n) is 18.2. The number of esters is 1. The number of nitrogens with zero attached hydrogens (tertiary/aromatic N) is 1. The fourth-order valence-corrected chi connectivity index (χ4v) is 8.17. The molecule has 4 rings (SSSR count). The van der Waals surface area contributed by atoms with Crippen LogP contribution in [0.2, 0.25) is 0 Å². The smallest absolute Gasteiger partial charge is 0.408 e. The van der Waals surface area contributed by atoms with Gasteiger partial charge < -0.3 is 44.3 Å². The number of likely N-dealkylation sites (N-methyl/N-ethyl adjacent to an activating group) is 1. The summed E-state index contributed by atoms with van der Waals surface area (Å²) in [6, 6.07) is 8.60. The lowest BCUT2D eigenvalue weighted by Crippen LogP contribution is -2.61. The second-order valence-electron chi connectivity index (χ2n) is 15.3. The molecular weight excluding hydrogens is 658 g/mol. The molecule has 3 saturated heterocycles. The summed E-state index contributed by atoms with van der Waals surface area (Å²) in [7, 11) is 5.23. The number of aliphatic hydroxyl groups is 1. The lowest BCUT2D eigenvalue weighted by molar-refractivity contribution is -0.295. The molecule has 1 aromatic rings. The minimum atomic E-state index is -1.42. The van der Waals surface area contributed by atoms with E-state index in [1.165, 1.54) is 14.0 Å². The van der Waals surface area contributed by atoms with Gasteiger partial charge >= 0.3 is 12.1 Å². The summed E-state index contributed by atoms with van der Waals surface area (Å²) in [5.74, 6) is -5.07. The Morgan fingerprint density at radius 3 is 2.31 bits per heavy atom. The average Bonchev–Trinajstić information content (AvgIpc) is 3.41. The molecule has 1 aromatic carbocycles. The Labute approximate surface area is 302 Å².